The average molecular weight is 252 g/mol. The van der Waals surface area contributed by atoms with Crippen LogP contribution in [0.5, 0.6) is 0 Å². The minimum absolute atomic E-state index is 0.290. The highest BCUT2D eigenvalue weighted by Gasteiger charge is 2.09. The lowest BCUT2D eigenvalue weighted by Gasteiger charge is -2.09. The SMILES string of the molecule is Cc1cc(F)cc2nc(-c3ccccc3)cc(N)c12. The van der Waals surface area contributed by atoms with Gasteiger partial charge in [0.05, 0.1) is 11.2 Å². The number of halogens is 1. The maximum atomic E-state index is 13.5. The lowest BCUT2D eigenvalue weighted by Crippen LogP contribution is -1.95. The highest BCUT2D eigenvalue weighted by Crippen LogP contribution is 2.29. The molecule has 3 aromatic rings. The molecule has 0 radical (unpaired) electrons. The molecule has 0 unspecified atom stereocenters. The van der Waals surface area contributed by atoms with E-state index in [1.165, 1.54) is 12.1 Å². The zero-order valence-electron chi connectivity index (χ0n) is 10.5. The quantitative estimate of drug-likeness (QED) is 0.712. The predicted octanol–water partition coefficient (Wildman–Crippen LogP) is 3.93. The van der Waals surface area contributed by atoms with E-state index in [0.717, 1.165) is 22.2 Å². The van der Waals surface area contributed by atoms with E-state index in [4.69, 9.17) is 5.73 Å². The molecule has 0 saturated carbocycles. The topological polar surface area (TPSA) is 38.9 Å². The number of pyridine rings is 1. The number of fused-ring (bicyclic) bond motifs is 1. The van der Waals surface area contributed by atoms with Crippen molar-refractivity contribution in [2.75, 3.05) is 5.73 Å². The third-order valence-corrected chi connectivity index (χ3v) is 3.17. The number of benzene rings is 2. The predicted molar refractivity (Wildman–Crippen MR) is 76.3 cm³/mol. The molecule has 0 spiro atoms. The molecule has 1 heterocycles. The third-order valence-electron chi connectivity index (χ3n) is 3.17. The molecule has 0 aliphatic rings. The molecule has 94 valence electrons. The first-order valence-electron chi connectivity index (χ1n) is 6.07. The lowest BCUT2D eigenvalue weighted by atomic mass is 10.0. The first kappa shape index (κ1) is 11.7. The molecule has 3 heteroatoms. The fraction of sp³-hybridized carbons (Fsp3) is 0.0625. The summed E-state index contributed by atoms with van der Waals surface area (Å²) < 4.78 is 13.5. The maximum Gasteiger partial charge on any atom is 0.125 e. The van der Waals surface area contributed by atoms with Crippen LogP contribution in [0.4, 0.5) is 10.1 Å². The Bertz CT molecular complexity index is 752. The molecule has 19 heavy (non-hydrogen) atoms. The van der Waals surface area contributed by atoms with Crippen LogP contribution >= 0.6 is 0 Å². The monoisotopic (exact) mass is 252 g/mol. The van der Waals surface area contributed by atoms with Gasteiger partial charge in [-0.2, -0.15) is 0 Å². The molecule has 1 aromatic heterocycles. The van der Waals surface area contributed by atoms with Crippen LogP contribution in [-0.2, 0) is 0 Å². The van der Waals surface area contributed by atoms with Crippen molar-refractivity contribution in [3.05, 3.63) is 59.9 Å². The molecule has 0 atom stereocenters. The number of rotatable bonds is 1. The van der Waals surface area contributed by atoms with Gasteiger partial charge in [-0.25, -0.2) is 9.37 Å². The van der Waals surface area contributed by atoms with E-state index in [1.54, 1.807) is 0 Å². The molecule has 2 nitrogen and oxygen atoms in total. The molecule has 0 aliphatic heterocycles. The molecule has 2 aromatic carbocycles. The molecular formula is C16H13FN2. The van der Waals surface area contributed by atoms with Crippen LogP contribution in [0.2, 0.25) is 0 Å². The highest BCUT2D eigenvalue weighted by atomic mass is 19.1. The summed E-state index contributed by atoms with van der Waals surface area (Å²) in [6.07, 6.45) is 0. The number of nitrogens with two attached hydrogens (primary N) is 1. The molecule has 0 bridgehead atoms. The summed E-state index contributed by atoms with van der Waals surface area (Å²) in [5, 5.41) is 0.820. The highest BCUT2D eigenvalue weighted by molar-refractivity contribution is 5.95. The smallest absolute Gasteiger partial charge is 0.125 e. The van der Waals surface area contributed by atoms with E-state index in [9.17, 15) is 4.39 Å². The molecule has 3 rings (SSSR count). The molecule has 0 aliphatic carbocycles. The summed E-state index contributed by atoms with van der Waals surface area (Å²) >= 11 is 0. The van der Waals surface area contributed by atoms with E-state index in [-0.39, 0.29) is 5.82 Å². The minimum atomic E-state index is -0.290. The van der Waals surface area contributed by atoms with Crippen LogP contribution in [0.1, 0.15) is 5.56 Å². The Morgan fingerprint density at radius 1 is 1.05 bits per heavy atom. The van der Waals surface area contributed by atoms with Crippen molar-refractivity contribution in [1.82, 2.24) is 4.98 Å². The van der Waals surface area contributed by atoms with Crippen LogP contribution in [0.15, 0.2) is 48.5 Å². The van der Waals surface area contributed by atoms with Crippen LogP contribution in [0.3, 0.4) is 0 Å². The van der Waals surface area contributed by atoms with Crippen LogP contribution < -0.4 is 5.73 Å². The van der Waals surface area contributed by atoms with Crippen molar-refractivity contribution in [3.63, 3.8) is 0 Å². The summed E-state index contributed by atoms with van der Waals surface area (Å²) in [7, 11) is 0. The van der Waals surface area contributed by atoms with Crippen molar-refractivity contribution in [2.45, 2.75) is 6.92 Å². The third kappa shape index (κ3) is 2.03. The zero-order chi connectivity index (χ0) is 13.4. The van der Waals surface area contributed by atoms with Crippen molar-refractivity contribution in [3.8, 4) is 11.3 Å². The van der Waals surface area contributed by atoms with E-state index >= 15 is 0 Å². The van der Waals surface area contributed by atoms with Crippen LogP contribution in [-0.4, -0.2) is 4.98 Å². The van der Waals surface area contributed by atoms with Gasteiger partial charge in [0.15, 0.2) is 0 Å². The van der Waals surface area contributed by atoms with E-state index in [1.807, 2.05) is 43.3 Å². The second-order valence-corrected chi connectivity index (χ2v) is 4.58. The summed E-state index contributed by atoms with van der Waals surface area (Å²) in [6.45, 7) is 1.84. The van der Waals surface area contributed by atoms with Gasteiger partial charge in [0.2, 0.25) is 0 Å². The maximum absolute atomic E-state index is 13.5. The summed E-state index contributed by atoms with van der Waals surface area (Å²) in [5.41, 5.74) is 9.84. The summed E-state index contributed by atoms with van der Waals surface area (Å²) in [5.74, 6) is -0.290. The number of anilines is 1. The van der Waals surface area contributed by atoms with Gasteiger partial charge in [-0.1, -0.05) is 30.3 Å². The largest absolute Gasteiger partial charge is 0.398 e. The molecule has 0 saturated heterocycles. The van der Waals surface area contributed by atoms with Crippen molar-refractivity contribution >= 4 is 16.6 Å². The van der Waals surface area contributed by atoms with Gasteiger partial charge < -0.3 is 5.73 Å². The van der Waals surface area contributed by atoms with Crippen LogP contribution in [0.25, 0.3) is 22.2 Å². The Labute approximate surface area is 110 Å². The standard InChI is InChI=1S/C16H13FN2/c1-10-7-12(17)8-15-16(10)13(18)9-14(19-15)11-5-3-2-4-6-11/h2-9H,1H3,(H2,18,19). The average Bonchev–Trinajstić information content (AvgIpc) is 2.38. The lowest BCUT2D eigenvalue weighted by molar-refractivity contribution is 0.628. The Balaban J connectivity index is 2.31. The molecule has 2 N–H and O–H groups in total. The molecule has 0 amide bonds. The summed E-state index contributed by atoms with van der Waals surface area (Å²) in [6, 6.07) is 14.5. The number of hydrogen-bond acceptors (Lipinski definition) is 2. The number of aromatic nitrogens is 1. The Kier molecular flexibility index (Phi) is 2.67. The number of nitrogens with zero attached hydrogens (tertiary/aromatic N) is 1. The van der Waals surface area contributed by atoms with Gasteiger partial charge >= 0.3 is 0 Å². The number of nitrogen functional groups attached to an aromatic ring is 1. The van der Waals surface area contributed by atoms with Gasteiger partial charge in [0, 0.05) is 22.7 Å². The van der Waals surface area contributed by atoms with Crippen molar-refractivity contribution in [1.29, 1.82) is 0 Å². The van der Waals surface area contributed by atoms with Crippen molar-refractivity contribution in [2.24, 2.45) is 0 Å². The first-order chi connectivity index (χ1) is 9.15. The Hall–Kier alpha value is -2.42. The van der Waals surface area contributed by atoms with E-state index in [0.29, 0.717) is 11.2 Å². The fourth-order valence-corrected chi connectivity index (χ4v) is 2.33. The zero-order valence-corrected chi connectivity index (χ0v) is 10.5. The number of aryl methyl sites for hydroxylation is 1. The fourth-order valence-electron chi connectivity index (χ4n) is 2.33. The van der Waals surface area contributed by atoms with Crippen molar-refractivity contribution < 1.29 is 4.39 Å². The summed E-state index contributed by atoms with van der Waals surface area (Å²) in [4.78, 5) is 4.51. The Morgan fingerprint density at radius 3 is 2.53 bits per heavy atom. The van der Waals surface area contributed by atoms with E-state index in [2.05, 4.69) is 4.98 Å². The van der Waals surface area contributed by atoms with Crippen LogP contribution in [0, 0.1) is 12.7 Å². The van der Waals surface area contributed by atoms with E-state index < -0.39 is 0 Å². The number of hydrogen-bond donors (Lipinski definition) is 1. The van der Waals surface area contributed by atoms with Gasteiger partial charge in [0.1, 0.15) is 5.82 Å². The second-order valence-electron chi connectivity index (χ2n) is 4.58. The van der Waals surface area contributed by atoms with Gasteiger partial charge in [-0.3, -0.25) is 0 Å². The van der Waals surface area contributed by atoms with Gasteiger partial charge in [-0.05, 0) is 24.6 Å². The molecule has 0 fully saturated rings. The van der Waals surface area contributed by atoms with Gasteiger partial charge in [-0.15, -0.1) is 0 Å². The first-order valence-corrected chi connectivity index (χ1v) is 6.07. The molecular weight excluding hydrogens is 239 g/mol. The normalized spacial score (nSPS) is 10.8. The van der Waals surface area contributed by atoms with Gasteiger partial charge in [0.25, 0.3) is 0 Å². The second kappa shape index (κ2) is 4.35. The minimum Gasteiger partial charge on any atom is -0.398 e. The Morgan fingerprint density at radius 2 is 1.79 bits per heavy atom.